The number of hydrazone groups is 1. The first-order chi connectivity index (χ1) is 13.0. The van der Waals surface area contributed by atoms with Gasteiger partial charge in [0.1, 0.15) is 6.33 Å². The van der Waals surface area contributed by atoms with E-state index >= 15 is 0 Å². The number of aryl methyl sites for hydroxylation is 1. The lowest BCUT2D eigenvalue weighted by Gasteiger charge is -2.04. The van der Waals surface area contributed by atoms with E-state index in [1.807, 2.05) is 23.7 Å². The Morgan fingerprint density at radius 3 is 2.56 bits per heavy atom. The Labute approximate surface area is 170 Å². The van der Waals surface area contributed by atoms with Crippen LogP contribution in [0.1, 0.15) is 21.5 Å². The second-order valence-corrected chi connectivity index (χ2v) is 7.30. The van der Waals surface area contributed by atoms with E-state index in [9.17, 15) is 4.79 Å². The van der Waals surface area contributed by atoms with Crippen LogP contribution in [0.15, 0.2) is 59.0 Å². The van der Waals surface area contributed by atoms with E-state index in [0.717, 1.165) is 16.5 Å². The third-order valence-electron chi connectivity index (χ3n) is 3.61. The molecule has 0 radical (unpaired) electrons. The van der Waals surface area contributed by atoms with Crippen LogP contribution in [0.5, 0.6) is 0 Å². The van der Waals surface area contributed by atoms with Crippen molar-refractivity contribution in [3.63, 3.8) is 0 Å². The molecule has 1 aromatic heterocycles. The van der Waals surface area contributed by atoms with E-state index in [1.54, 1.807) is 48.4 Å². The molecule has 0 unspecified atom stereocenters. The predicted molar refractivity (Wildman–Crippen MR) is 109 cm³/mol. The van der Waals surface area contributed by atoms with E-state index in [-0.39, 0.29) is 5.91 Å². The highest BCUT2D eigenvalue weighted by atomic mass is 35.5. The fourth-order valence-corrected chi connectivity index (χ4v) is 3.50. The zero-order valence-electron chi connectivity index (χ0n) is 14.3. The Morgan fingerprint density at radius 1 is 1.22 bits per heavy atom. The Balaban J connectivity index is 1.57. The summed E-state index contributed by atoms with van der Waals surface area (Å²) in [5.74, 6) is 0.416. The number of hydrogen-bond acceptors (Lipinski definition) is 5. The molecule has 0 spiro atoms. The van der Waals surface area contributed by atoms with Crippen LogP contribution in [0.25, 0.3) is 0 Å². The number of carbonyl (C=O) groups excluding carboxylic acids is 1. The molecule has 1 amide bonds. The Bertz CT molecular complexity index is 952. The highest BCUT2D eigenvalue weighted by Crippen LogP contribution is 2.22. The molecule has 3 aromatic rings. The molecule has 0 aliphatic rings. The van der Waals surface area contributed by atoms with Gasteiger partial charge in [0.25, 0.3) is 5.91 Å². The molecule has 1 heterocycles. The number of rotatable bonds is 6. The van der Waals surface area contributed by atoms with Gasteiger partial charge < -0.3 is 4.57 Å². The number of benzene rings is 2. The summed E-state index contributed by atoms with van der Waals surface area (Å²) in [6, 6.07) is 12.4. The number of carbonyl (C=O) groups is 1. The quantitative estimate of drug-likeness (QED) is 0.369. The summed E-state index contributed by atoms with van der Waals surface area (Å²) < 4.78 is 1.86. The topological polar surface area (TPSA) is 72.2 Å². The average Bonchev–Trinajstić information content (AvgIpc) is 3.07. The van der Waals surface area contributed by atoms with Crippen molar-refractivity contribution in [1.82, 2.24) is 20.2 Å². The van der Waals surface area contributed by atoms with Crippen molar-refractivity contribution in [2.75, 3.05) is 0 Å². The number of nitrogens with one attached hydrogen (secondary N) is 1. The smallest absolute Gasteiger partial charge is 0.271 e. The van der Waals surface area contributed by atoms with Crippen LogP contribution in [-0.2, 0) is 12.8 Å². The zero-order valence-corrected chi connectivity index (χ0v) is 16.6. The third kappa shape index (κ3) is 5.09. The van der Waals surface area contributed by atoms with Crippen molar-refractivity contribution in [2.24, 2.45) is 12.1 Å². The summed E-state index contributed by atoms with van der Waals surface area (Å²) in [5, 5.41) is 13.6. The maximum atomic E-state index is 12.2. The maximum Gasteiger partial charge on any atom is 0.271 e. The van der Waals surface area contributed by atoms with Gasteiger partial charge >= 0.3 is 0 Å². The average molecular weight is 420 g/mol. The summed E-state index contributed by atoms with van der Waals surface area (Å²) in [6.45, 7) is 0. The van der Waals surface area contributed by atoms with Crippen LogP contribution in [0, 0.1) is 0 Å². The molecule has 0 saturated heterocycles. The molecular weight excluding hydrogens is 405 g/mol. The van der Waals surface area contributed by atoms with Gasteiger partial charge in [-0.25, -0.2) is 5.43 Å². The summed E-state index contributed by atoms with van der Waals surface area (Å²) in [5.41, 5.74) is 4.60. The lowest BCUT2D eigenvalue weighted by molar-refractivity contribution is 0.0955. The molecule has 0 saturated carbocycles. The Hall–Kier alpha value is -2.35. The molecule has 0 bridgehead atoms. The molecule has 27 heavy (non-hydrogen) atoms. The molecule has 1 N–H and O–H groups in total. The van der Waals surface area contributed by atoms with Crippen molar-refractivity contribution >= 4 is 47.1 Å². The van der Waals surface area contributed by atoms with Gasteiger partial charge in [-0.05, 0) is 29.8 Å². The molecule has 0 aliphatic heterocycles. The van der Waals surface area contributed by atoms with Crippen LogP contribution >= 0.6 is 35.0 Å². The van der Waals surface area contributed by atoms with Gasteiger partial charge in [-0.2, -0.15) is 5.10 Å². The molecule has 2 aromatic carbocycles. The van der Waals surface area contributed by atoms with Crippen molar-refractivity contribution < 1.29 is 4.79 Å². The molecule has 0 atom stereocenters. The van der Waals surface area contributed by atoms with E-state index in [1.165, 1.54) is 6.21 Å². The largest absolute Gasteiger partial charge is 0.312 e. The maximum absolute atomic E-state index is 12.2. The first-order valence-electron chi connectivity index (χ1n) is 7.88. The minimum Gasteiger partial charge on any atom is -0.312 e. The van der Waals surface area contributed by atoms with Crippen LogP contribution in [-0.4, -0.2) is 26.9 Å². The van der Waals surface area contributed by atoms with Crippen LogP contribution in [0.4, 0.5) is 0 Å². The summed E-state index contributed by atoms with van der Waals surface area (Å²) in [4.78, 5) is 12.2. The Morgan fingerprint density at radius 2 is 1.93 bits per heavy atom. The van der Waals surface area contributed by atoms with E-state index in [4.69, 9.17) is 23.2 Å². The summed E-state index contributed by atoms with van der Waals surface area (Å²) >= 11 is 13.7. The van der Waals surface area contributed by atoms with Gasteiger partial charge in [0.2, 0.25) is 0 Å². The van der Waals surface area contributed by atoms with Crippen molar-refractivity contribution in [3.05, 3.63) is 75.5 Å². The highest BCUT2D eigenvalue weighted by molar-refractivity contribution is 7.98. The predicted octanol–water partition coefficient (Wildman–Crippen LogP) is 4.18. The molecular formula is C18H15Cl2N5OS. The van der Waals surface area contributed by atoms with Crippen molar-refractivity contribution in [3.8, 4) is 0 Å². The SMILES string of the molecule is Cn1cnnc1SCc1ccc(C(=O)N/N=C/c2c(Cl)cccc2Cl)cc1. The van der Waals surface area contributed by atoms with E-state index in [0.29, 0.717) is 21.2 Å². The van der Waals surface area contributed by atoms with Crippen LogP contribution < -0.4 is 5.43 Å². The van der Waals surface area contributed by atoms with Crippen molar-refractivity contribution in [2.45, 2.75) is 10.9 Å². The van der Waals surface area contributed by atoms with Gasteiger partial charge in [-0.15, -0.1) is 10.2 Å². The number of aromatic nitrogens is 3. The summed E-state index contributed by atoms with van der Waals surface area (Å²) in [6.07, 6.45) is 3.08. The number of thioether (sulfide) groups is 1. The van der Waals surface area contributed by atoms with Crippen LogP contribution in [0.2, 0.25) is 10.0 Å². The second kappa shape index (κ2) is 9.03. The van der Waals surface area contributed by atoms with Gasteiger partial charge in [-0.1, -0.05) is 53.2 Å². The number of halogens is 2. The van der Waals surface area contributed by atoms with Gasteiger partial charge in [-0.3, -0.25) is 4.79 Å². The van der Waals surface area contributed by atoms with Gasteiger partial charge in [0.05, 0.1) is 16.3 Å². The highest BCUT2D eigenvalue weighted by Gasteiger charge is 2.07. The fraction of sp³-hybridized carbons (Fsp3) is 0.111. The first-order valence-corrected chi connectivity index (χ1v) is 9.62. The van der Waals surface area contributed by atoms with Gasteiger partial charge in [0.15, 0.2) is 5.16 Å². The van der Waals surface area contributed by atoms with Gasteiger partial charge in [0, 0.05) is 23.9 Å². The molecule has 3 rings (SSSR count). The van der Waals surface area contributed by atoms with Crippen molar-refractivity contribution in [1.29, 1.82) is 0 Å². The monoisotopic (exact) mass is 419 g/mol. The normalized spacial score (nSPS) is 11.1. The third-order valence-corrected chi connectivity index (χ3v) is 5.38. The zero-order chi connectivity index (χ0) is 19.2. The molecule has 6 nitrogen and oxygen atoms in total. The van der Waals surface area contributed by atoms with E-state index < -0.39 is 0 Å². The fourth-order valence-electron chi connectivity index (χ4n) is 2.16. The molecule has 0 aliphatic carbocycles. The lowest BCUT2D eigenvalue weighted by atomic mass is 10.1. The minimum absolute atomic E-state index is 0.318. The Kier molecular flexibility index (Phi) is 6.49. The molecule has 9 heteroatoms. The number of nitrogens with zero attached hydrogens (tertiary/aromatic N) is 4. The standard InChI is InChI=1S/C18H15Cl2N5OS/c1-25-11-22-24-18(25)27-10-12-5-7-13(8-6-12)17(26)23-21-9-14-15(19)3-2-4-16(14)20/h2-9,11H,10H2,1H3,(H,23,26)/b21-9+. The van der Waals surface area contributed by atoms with Crippen LogP contribution in [0.3, 0.4) is 0 Å². The number of hydrogen-bond donors (Lipinski definition) is 1. The summed E-state index contributed by atoms with van der Waals surface area (Å²) in [7, 11) is 1.89. The first kappa shape index (κ1) is 19.4. The second-order valence-electron chi connectivity index (χ2n) is 5.54. The molecule has 0 fully saturated rings. The van der Waals surface area contributed by atoms with E-state index in [2.05, 4.69) is 20.7 Å². The lowest BCUT2D eigenvalue weighted by Crippen LogP contribution is -2.17. The minimum atomic E-state index is -0.318. The molecule has 138 valence electrons. The number of amides is 1.